The van der Waals surface area contributed by atoms with E-state index in [2.05, 4.69) is 35.6 Å². The van der Waals surface area contributed by atoms with E-state index < -0.39 is 6.17 Å². The summed E-state index contributed by atoms with van der Waals surface area (Å²) in [6, 6.07) is 30.1. The van der Waals surface area contributed by atoms with Gasteiger partial charge in [-0.15, -0.1) is 5.10 Å². The second-order valence-electron chi connectivity index (χ2n) is 8.48. The monoisotopic (exact) mass is 492 g/mol. The number of amidine groups is 1. The molecule has 0 radical (unpaired) electrons. The Morgan fingerprint density at radius 1 is 0.944 bits per heavy atom. The van der Waals surface area contributed by atoms with Crippen LogP contribution in [0, 0.1) is 0 Å². The molecule has 6 rings (SSSR count). The van der Waals surface area contributed by atoms with Crippen LogP contribution >= 0.6 is 11.8 Å². The first kappa shape index (κ1) is 22.4. The lowest BCUT2D eigenvalue weighted by atomic mass is 9.99. The van der Waals surface area contributed by atoms with Crippen molar-refractivity contribution in [3.63, 3.8) is 0 Å². The van der Waals surface area contributed by atoms with Gasteiger partial charge in [0, 0.05) is 16.5 Å². The molecule has 1 atom stereocenters. The second kappa shape index (κ2) is 9.51. The molecular weight excluding hydrogens is 468 g/mol. The normalized spacial score (nSPS) is 16.5. The summed E-state index contributed by atoms with van der Waals surface area (Å²) in [4.78, 5) is 18.6. The van der Waals surface area contributed by atoms with Gasteiger partial charge in [0.05, 0.1) is 12.0 Å². The topological polar surface area (TPSA) is 66.3 Å². The highest BCUT2D eigenvalue weighted by molar-refractivity contribution is 8.13. The van der Waals surface area contributed by atoms with Crippen molar-refractivity contribution < 1.29 is 9.53 Å². The van der Waals surface area contributed by atoms with Crippen LogP contribution in [0.15, 0.2) is 101 Å². The van der Waals surface area contributed by atoms with Gasteiger partial charge in [0.1, 0.15) is 11.4 Å². The number of benzene rings is 4. The number of hydrogen-bond acceptors (Lipinski definition) is 6. The van der Waals surface area contributed by atoms with Crippen LogP contribution in [0.1, 0.15) is 24.2 Å². The maximum absolute atomic E-state index is 13.5. The molecule has 1 amide bonds. The summed E-state index contributed by atoms with van der Waals surface area (Å²) in [6.45, 7) is 2.49. The molecule has 0 spiro atoms. The molecule has 178 valence electrons. The number of hydrazone groups is 1. The summed E-state index contributed by atoms with van der Waals surface area (Å²) in [5.41, 5.74) is 2.55. The van der Waals surface area contributed by atoms with E-state index in [1.807, 2.05) is 67.6 Å². The van der Waals surface area contributed by atoms with Gasteiger partial charge >= 0.3 is 0 Å². The number of ether oxygens (including phenoxy) is 1. The molecule has 6 nitrogen and oxygen atoms in total. The van der Waals surface area contributed by atoms with Crippen molar-refractivity contribution in [2.75, 3.05) is 6.61 Å². The lowest BCUT2D eigenvalue weighted by Gasteiger charge is -2.35. The molecule has 4 aromatic carbocycles. The third kappa shape index (κ3) is 4.01. The number of thioether (sulfide) groups is 1. The number of amides is 1. The van der Waals surface area contributed by atoms with Crippen molar-refractivity contribution in [2.45, 2.75) is 18.8 Å². The molecule has 0 saturated heterocycles. The minimum Gasteiger partial charge on any atom is -0.493 e. The van der Waals surface area contributed by atoms with Gasteiger partial charge in [-0.05, 0) is 35.4 Å². The Labute approximate surface area is 213 Å². The number of rotatable bonds is 5. The number of nitrogens with one attached hydrogen (secondary N) is 1. The number of carbonyl (C=O) groups is 1. The second-order valence-corrected chi connectivity index (χ2v) is 9.44. The zero-order valence-corrected chi connectivity index (χ0v) is 20.5. The number of fused-ring (bicyclic) bond motifs is 3. The standard InChI is InChI=1S/C29H24N4O2S/c1-2-35-24-17-16-20-12-6-7-13-21(20)25(24)27-30-23-15-9-8-14-22(23)26-28(34)31-29(32-33(26)27)36-18-19-10-4-3-5-11-19/h3-17,27H,2,18H2,1H3,(H,31,32,34). The number of para-hydroxylation sites is 1. The lowest BCUT2D eigenvalue weighted by molar-refractivity contribution is -0.116. The first-order valence-electron chi connectivity index (χ1n) is 11.9. The summed E-state index contributed by atoms with van der Waals surface area (Å²) < 4.78 is 6.07. The third-order valence-electron chi connectivity index (χ3n) is 6.22. The zero-order valence-electron chi connectivity index (χ0n) is 19.7. The van der Waals surface area contributed by atoms with Crippen LogP contribution in [-0.2, 0) is 10.5 Å². The number of hydrogen-bond donors (Lipinski definition) is 1. The van der Waals surface area contributed by atoms with Crippen molar-refractivity contribution in [2.24, 2.45) is 10.1 Å². The van der Waals surface area contributed by atoms with Gasteiger partial charge in [-0.1, -0.05) is 90.6 Å². The molecule has 0 bridgehead atoms. The SMILES string of the molecule is CCOc1ccc2ccccc2c1C1N=c2ccccc2=C2C(=O)NC(SCc3ccccc3)=NN21. The Morgan fingerprint density at radius 2 is 1.72 bits per heavy atom. The van der Waals surface area contributed by atoms with E-state index in [0.717, 1.165) is 38.2 Å². The summed E-state index contributed by atoms with van der Waals surface area (Å²) in [6.07, 6.45) is -0.555. The molecule has 0 aliphatic carbocycles. The van der Waals surface area contributed by atoms with Gasteiger partial charge < -0.3 is 4.74 Å². The fourth-order valence-corrected chi connectivity index (χ4v) is 5.44. The molecule has 7 heteroatoms. The van der Waals surface area contributed by atoms with E-state index in [0.29, 0.717) is 23.2 Å². The molecule has 36 heavy (non-hydrogen) atoms. The fraction of sp³-hybridized carbons (Fsp3) is 0.138. The van der Waals surface area contributed by atoms with Crippen LogP contribution in [0.25, 0.3) is 16.5 Å². The van der Waals surface area contributed by atoms with E-state index in [1.54, 1.807) is 5.01 Å². The maximum atomic E-state index is 13.5. The summed E-state index contributed by atoms with van der Waals surface area (Å²) in [7, 11) is 0. The Morgan fingerprint density at radius 3 is 2.58 bits per heavy atom. The van der Waals surface area contributed by atoms with Gasteiger partial charge in [-0.25, -0.2) is 5.01 Å². The predicted octanol–water partition coefficient (Wildman–Crippen LogP) is 4.31. The molecule has 2 aliphatic rings. The van der Waals surface area contributed by atoms with Crippen LogP contribution < -0.4 is 20.6 Å². The Kier molecular flexibility index (Phi) is 5.91. The van der Waals surface area contributed by atoms with Crippen LogP contribution in [0.4, 0.5) is 0 Å². The first-order chi connectivity index (χ1) is 17.7. The molecule has 1 unspecified atom stereocenters. The average Bonchev–Trinajstić information content (AvgIpc) is 2.92. The molecule has 1 N–H and O–H groups in total. The number of carbonyl (C=O) groups excluding carboxylic acids is 1. The summed E-state index contributed by atoms with van der Waals surface area (Å²) in [5, 5.41) is 13.9. The van der Waals surface area contributed by atoms with Crippen LogP contribution in [0.5, 0.6) is 5.75 Å². The summed E-state index contributed by atoms with van der Waals surface area (Å²) in [5.74, 6) is 1.24. The minimum absolute atomic E-state index is 0.189. The Balaban J connectivity index is 1.52. The minimum atomic E-state index is -0.555. The molecule has 2 heterocycles. The molecule has 0 fully saturated rings. The molecule has 2 aliphatic heterocycles. The van der Waals surface area contributed by atoms with Gasteiger partial charge in [0.2, 0.25) is 0 Å². The van der Waals surface area contributed by atoms with Crippen LogP contribution in [0.3, 0.4) is 0 Å². The van der Waals surface area contributed by atoms with Gasteiger partial charge in [-0.3, -0.25) is 15.1 Å². The third-order valence-corrected chi connectivity index (χ3v) is 7.16. The first-order valence-corrected chi connectivity index (χ1v) is 12.9. The van der Waals surface area contributed by atoms with Gasteiger partial charge in [0.15, 0.2) is 11.3 Å². The van der Waals surface area contributed by atoms with Crippen molar-refractivity contribution in [3.05, 3.63) is 113 Å². The summed E-state index contributed by atoms with van der Waals surface area (Å²) >= 11 is 1.50. The van der Waals surface area contributed by atoms with E-state index >= 15 is 0 Å². The lowest BCUT2D eigenvalue weighted by Crippen LogP contribution is -2.50. The highest BCUT2D eigenvalue weighted by atomic mass is 32.2. The fourth-order valence-electron chi connectivity index (χ4n) is 4.63. The average molecular weight is 493 g/mol. The molecule has 4 aromatic rings. The van der Waals surface area contributed by atoms with E-state index in [9.17, 15) is 4.79 Å². The van der Waals surface area contributed by atoms with Crippen molar-refractivity contribution >= 4 is 39.3 Å². The highest BCUT2D eigenvalue weighted by Gasteiger charge is 2.36. The van der Waals surface area contributed by atoms with Crippen molar-refractivity contribution in [1.82, 2.24) is 10.3 Å². The smallest absolute Gasteiger partial charge is 0.276 e. The zero-order chi connectivity index (χ0) is 24.5. The van der Waals surface area contributed by atoms with Gasteiger partial charge in [-0.2, -0.15) is 0 Å². The largest absolute Gasteiger partial charge is 0.493 e. The quantitative estimate of drug-likeness (QED) is 0.451. The van der Waals surface area contributed by atoms with E-state index in [1.165, 1.54) is 11.8 Å². The van der Waals surface area contributed by atoms with Gasteiger partial charge in [0.25, 0.3) is 5.91 Å². The van der Waals surface area contributed by atoms with E-state index in [-0.39, 0.29) is 5.91 Å². The van der Waals surface area contributed by atoms with Crippen molar-refractivity contribution in [3.8, 4) is 5.75 Å². The Hall–Kier alpha value is -4.10. The Bertz CT molecular complexity index is 1620. The predicted molar refractivity (Wildman–Crippen MR) is 144 cm³/mol. The molecular formula is C29H24N4O2S. The van der Waals surface area contributed by atoms with E-state index in [4.69, 9.17) is 14.8 Å². The molecule has 0 saturated carbocycles. The van der Waals surface area contributed by atoms with Crippen LogP contribution in [-0.4, -0.2) is 22.7 Å². The molecule has 0 aromatic heterocycles. The number of nitrogens with zero attached hydrogens (tertiary/aromatic N) is 3. The highest BCUT2D eigenvalue weighted by Crippen LogP contribution is 2.40. The van der Waals surface area contributed by atoms with Crippen molar-refractivity contribution in [1.29, 1.82) is 0 Å². The maximum Gasteiger partial charge on any atom is 0.276 e. The van der Waals surface area contributed by atoms with Crippen LogP contribution in [0.2, 0.25) is 0 Å².